The zero-order valence-electron chi connectivity index (χ0n) is 14.1. The smallest absolute Gasteiger partial charge is 0.309 e. The van der Waals surface area contributed by atoms with Crippen LogP contribution in [-0.2, 0) is 24.3 Å². The maximum atomic E-state index is 12.5. The number of nitrogens with zero attached hydrogens (tertiary/aromatic N) is 1. The molecule has 0 bridgehead atoms. The van der Waals surface area contributed by atoms with Crippen LogP contribution in [0.1, 0.15) is 26.2 Å². The van der Waals surface area contributed by atoms with E-state index in [1.165, 1.54) is 16.4 Å². The Morgan fingerprint density at radius 2 is 1.96 bits per heavy atom. The van der Waals surface area contributed by atoms with Gasteiger partial charge < -0.3 is 10.1 Å². The van der Waals surface area contributed by atoms with Crippen molar-refractivity contribution in [3.8, 4) is 0 Å². The summed E-state index contributed by atoms with van der Waals surface area (Å²) in [6.07, 6.45) is 2.53. The molecule has 1 aromatic rings. The van der Waals surface area contributed by atoms with E-state index in [1.807, 2.05) is 6.92 Å². The molecule has 3 rings (SSSR count). The van der Waals surface area contributed by atoms with Gasteiger partial charge >= 0.3 is 5.97 Å². The molecule has 136 valence electrons. The molecule has 1 heterocycles. The minimum absolute atomic E-state index is 0.0956. The van der Waals surface area contributed by atoms with Gasteiger partial charge in [0.05, 0.1) is 10.8 Å². The third kappa shape index (κ3) is 4.19. The van der Waals surface area contributed by atoms with Crippen LogP contribution < -0.4 is 5.32 Å². The fourth-order valence-corrected chi connectivity index (χ4v) is 4.47. The SMILES string of the molecule is C[C@@H]1C[C@@H]1C(=O)OCC(=O)Nc1cccc(S(=O)(=O)N2CCCC2)c1. The lowest BCUT2D eigenvalue weighted by molar-refractivity contribution is -0.148. The first-order valence-corrected chi connectivity index (χ1v) is 9.88. The largest absolute Gasteiger partial charge is 0.455 e. The van der Waals surface area contributed by atoms with Gasteiger partial charge in [-0.15, -0.1) is 0 Å². The highest BCUT2D eigenvalue weighted by molar-refractivity contribution is 7.89. The lowest BCUT2D eigenvalue weighted by Crippen LogP contribution is -2.28. The molecule has 25 heavy (non-hydrogen) atoms. The molecule has 1 saturated heterocycles. The van der Waals surface area contributed by atoms with Gasteiger partial charge in [0, 0.05) is 18.8 Å². The maximum absolute atomic E-state index is 12.5. The summed E-state index contributed by atoms with van der Waals surface area (Å²) in [4.78, 5) is 23.7. The second-order valence-corrected chi connectivity index (χ2v) is 8.55. The summed E-state index contributed by atoms with van der Waals surface area (Å²) >= 11 is 0. The zero-order chi connectivity index (χ0) is 18.0. The van der Waals surface area contributed by atoms with E-state index >= 15 is 0 Å². The van der Waals surface area contributed by atoms with Crippen molar-refractivity contribution in [2.75, 3.05) is 25.0 Å². The second kappa shape index (κ2) is 7.13. The Kier molecular flexibility index (Phi) is 5.10. The maximum Gasteiger partial charge on any atom is 0.309 e. The highest BCUT2D eigenvalue weighted by Gasteiger charge is 2.40. The molecule has 2 aliphatic rings. The van der Waals surface area contributed by atoms with E-state index < -0.39 is 15.9 Å². The van der Waals surface area contributed by atoms with Crippen LogP contribution in [0.15, 0.2) is 29.2 Å². The van der Waals surface area contributed by atoms with E-state index in [2.05, 4.69) is 5.32 Å². The van der Waals surface area contributed by atoms with Gasteiger partial charge in [0.2, 0.25) is 10.0 Å². The van der Waals surface area contributed by atoms with Crippen molar-refractivity contribution < 1.29 is 22.7 Å². The molecule has 1 aliphatic heterocycles. The molecule has 8 heteroatoms. The van der Waals surface area contributed by atoms with Crippen LogP contribution in [0.5, 0.6) is 0 Å². The van der Waals surface area contributed by atoms with E-state index in [1.54, 1.807) is 12.1 Å². The Bertz CT molecular complexity index is 771. The summed E-state index contributed by atoms with van der Waals surface area (Å²) in [5.41, 5.74) is 0.362. The number of amides is 1. The number of hydrogen-bond acceptors (Lipinski definition) is 5. The lowest BCUT2D eigenvalue weighted by atomic mass is 10.3. The highest BCUT2D eigenvalue weighted by atomic mass is 32.2. The molecule has 0 radical (unpaired) electrons. The van der Waals surface area contributed by atoms with Crippen LogP contribution in [0, 0.1) is 11.8 Å². The minimum atomic E-state index is -3.54. The van der Waals surface area contributed by atoms with Crippen molar-refractivity contribution >= 4 is 27.6 Å². The van der Waals surface area contributed by atoms with Crippen LogP contribution in [0.3, 0.4) is 0 Å². The Labute approximate surface area is 147 Å². The summed E-state index contributed by atoms with van der Waals surface area (Å²) in [5, 5.41) is 2.57. The van der Waals surface area contributed by atoms with E-state index in [0.717, 1.165) is 19.3 Å². The Balaban J connectivity index is 1.59. The van der Waals surface area contributed by atoms with Gasteiger partial charge in [0.1, 0.15) is 0 Å². The number of anilines is 1. The molecule has 1 amide bonds. The van der Waals surface area contributed by atoms with Crippen molar-refractivity contribution in [3.05, 3.63) is 24.3 Å². The predicted octanol–water partition coefficient (Wildman–Crippen LogP) is 1.61. The first kappa shape index (κ1) is 17.9. The van der Waals surface area contributed by atoms with Gasteiger partial charge in [0.15, 0.2) is 6.61 Å². The summed E-state index contributed by atoms with van der Waals surface area (Å²) in [7, 11) is -3.54. The molecular formula is C17H22N2O5S. The van der Waals surface area contributed by atoms with Crippen molar-refractivity contribution in [2.45, 2.75) is 31.1 Å². The fraction of sp³-hybridized carbons (Fsp3) is 0.529. The van der Waals surface area contributed by atoms with E-state index in [4.69, 9.17) is 4.74 Å². The molecule has 1 saturated carbocycles. The van der Waals surface area contributed by atoms with Crippen molar-refractivity contribution in [3.63, 3.8) is 0 Å². The van der Waals surface area contributed by atoms with Crippen molar-refractivity contribution in [1.82, 2.24) is 4.31 Å². The summed E-state index contributed by atoms with van der Waals surface area (Å²) in [6.45, 7) is 2.63. The summed E-state index contributed by atoms with van der Waals surface area (Å²) in [6, 6.07) is 6.12. The molecule has 2 atom stereocenters. The molecule has 0 unspecified atom stereocenters. The Morgan fingerprint density at radius 3 is 2.60 bits per heavy atom. The molecule has 0 aromatic heterocycles. The van der Waals surface area contributed by atoms with Crippen molar-refractivity contribution in [2.24, 2.45) is 11.8 Å². The highest BCUT2D eigenvalue weighted by Crippen LogP contribution is 2.38. The van der Waals surface area contributed by atoms with Crippen LogP contribution in [0.25, 0.3) is 0 Å². The normalized spacial score (nSPS) is 23.2. The number of hydrogen-bond donors (Lipinski definition) is 1. The first-order valence-electron chi connectivity index (χ1n) is 8.44. The number of rotatable bonds is 6. The standard InChI is InChI=1S/C17H22N2O5S/c1-12-9-15(12)17(21)24-11-16(20)18-13-5-4-6-14(10-13)25(22,23)19-7-2-3-8-19/h4-6,10,12,15H,2-3,7-9,11H2,1H3,(H,18,20)/t12-,15+/m1/s1. The van der Waals surface area contributed by atoms with Crippen LogP contribution in [0.4, 0.5) is 5.69 Å². The molecule has 1 aliphatic carbocycles. The first-order chi connectivity index (χ1) is 11.9. The van der Waals surface area contributed by atoms with Gasteiger partial charge in [0.25, 0.3) is 5.91 Å². The van der Waals surface area contributed by atoms with Gasteiger partial charge in [-0.05, 0) is 43.4 Å². The summed E-state index contributed by atoms with van der Waals surface area (Å²) < 4.78 is 31.5. The third-order valence-electron chi connectivity index (χ3n) is 4.58. The second-order valence-electron chi connectivity index (χ2n) is 6.61. The fourth-order valence-electron chi connectivity index (χ4n) is 2.90. The Hall–Kier alpha value is -1.93. The lowest BCUT2D eigenvalue weighted by Gasteiger charge is -2.16. The van der Waals surface area contributed by atoms with E-state index in [-0.39, 0.29) is 23.4 Å². The average molecular weight is 366 g/mol. The number of ether oxygens (including phenoxy) is 1. The number of sulfonamides is 1. The van der Waals surface area contributed by atoms with E-state index in [0.29, 0.717) is 24.7 Å². The van der Waals surface area contributed by atoms with Gasteiger partial charge in [-0.1, -0.05) is 13.0 Å². The number of carbonyl (C=O) groups excluding carboxylic acids is 2. The minimum Gasteiger partial charge on any atom is -0.455 e. The predicted molar refractivity (Wildman–Crippen MR) is 91.3 cm³/mol. The molecular weight excluding hydrogens is 344 g/mol. The molecule has 2 fully saturated rings. The Morgan fingerprint density at radius 1 is 1.28 bits per heavy atom. The number of nitrogens with one attached hydrogen (secondary N) is 1. The van der Waals surface area contributed by atoms with Crippen LogP contribution in [-0.4, -0.2) is 44.3 Å². The molecule has 7 nitrogen and oxygen atoms in total. The molecule has 1 N–H and O–H groups in total. The molecule has 0 spiro atoms. The number of carbonyl (C=O) groups is 2. The van der Waals surface area contributed by atoms with Crippen molar-refractivity contribution in [1.29, 1.82) is 0 Å². The van der Waals surface area contributed by atoms with Crippen LogP contribution >= 0.6 is 0 Å². The van der Waals surface area contributed by atoms with Gasteiger partial charge in [-0.25, -0.2) is 8.42 Å². The number of esters is 1. The van der Waals surface area contributed by atoms with Gasteiger partial charge in [-0.3, -0.25) is 9.59 Å². The van der Waals surface area contributed by atoms with Gasteiger partial charge in [-0.2, -0.15) is 4.31 Å². The summed E-state index contributed by atoms with van der Waals surface area (Å²) in [5.74, 6) is -0.616. The van der Waals surface area contributed by atoms with Crippen LogP contribution in [0.2, 0.25) is 0 Å². The third-order valence-corrected chi connectivity index (χ3v) is 6.47. The zero-order valence-corrected chi connectivity index (χ0v) is 14.9. The number of benzene rings is 1. The monoisotopic (exact) mass is 366 g/mol. The van der Waals surface area contributed by atoms with E-state index in [9.17, 15) is 18.0 Å². The topological polar surface area (TPSA) is 92.8 Å². The molecule has 1 aromatic carbocycles. The average Bonchev–Trinajstić information content (AvgIpc) is 3.08. The quantitative estimate of drug-likeness (QED) is 0.772.